The predicted octanol–water partition coefficient (Wildman–Crippen LogP) is 3.26. The molecule has 0 aromatic rings. The van der Waals surface area contributed by atoms with Crippen LogP contribution in [0.3, 0.4) is 0 Å². The lowest BCUT2D eigenvalue weighted by molar-refractivity contribution is -0.0714. The number of rotatable bonds is 6. The monoisotopic (exact) mass is 276 g/mol. The fourth-order valence-corrected chi connectivity index (χ4v) is 6.10. The molecule has 0 amide bonds. The molecule has 4 bridgehead atoms. The molecule has 2 nitrogen and oxygen atoms in total. The first kappa shape index (κ1) is 13.6. The molecule has 0 aromatic heterocycles. The molecule has 1 unspecified atom stereocenters. The molecule has 0 saturated heterocycles. The van der Waals surface area contributed by atoms with Crippen LogP contribution in [-0.2, 0) is 0 Å². The van der Waals surface area contributed by atoms with Crippen molar-refractivity contribution in [2.24, 2.45) is 34.8 Å². The molecule has 20 heavy (non-hydrogen) atoms. The molecule has 5 aliphatic rings. The maximum absolute atomic E-state index is 6.80. The van der Waals surface area contributed by atoms with Crippen molar-refractivity contribution in [2.45, 2.75) is 64.3 Å². The van der Waals surface area contributed by atoms with Gasteiger partial charge in [-0.15, -0.1) is 0 Å². The van der Waals surface area contributed by atoms with Gasteiger partial charge in [0.25, 0.3) is 0 Å². The summed E-state index contributed by atoms with van der Waals surface area (Å²) in [6.07, 6.45) is 11.9. The van der Waals surface area contributed by atoms with E-state index in [1.54, 1.807) is 0 Å². The molecule has 0 radical (unpaired) electrons. The Morgan fingerprint density at radius 1 is 1.05 bits per heavy atom. The van der Waals surface area contributed by atoms with Crippen LogP contribution < -0.4 is 5.73 Å². The van der Waals surface area contributed by atoms with Crippen molar-refractivity contribution in [3.05, 3.63) is 0 Å². The molecule has 0 aromatic carbocycles. The third-order valence-electron chi connectivity index (χ3n) is 6.99. The predicted molar refractivity (Wildman–Crippen MR) is 83.4 cm³/mol. The SMILES string of the molecule is CCN(CC1CC1)CC(N)C12CC3CC(CC(C3)C1)C2. The maximum atomic E-state index is 6.80. The van der Waals surface area contributed by atoms with Crippen molar-refractivity contribution >= 4 is 0 Å². The largest absolute Gasteiger partial charge is 0.326 e. The quantitative estimate of drug-likeness (QED) is 0.807. The van der Waals surface area contributed by atoms with E-state index in [0.29, 0.717) is 11.5 Å². The highest BCUT2D eigenvalue weighted by molar-refractivity contribution is 5.06. The summed E-state index contributed by atoms with van der Waals surface area (Å²) in [7, 11) is 0. The van der Waals surface area contributed by atoms with E-state index >= 15 is 0 Å². The van der Waals surface area contributed by atoms with Crippen molar-refractivity contribution in [1.82, 2.24) is 4.90 Å². The molecule has 0 spiro atoms. The van der Waals surface area contributed by atoms with Gasteiger partial charge in [0, 0.05) is 19.1 Å². The fraction of sp³-hybridized carbons (Fsp3) is 1.00. The van der Waals surface area contributed by atoms with Gasteiger partial charge in [0.2, 0.25) is 0 Å². The molecule has 0 heterocycles. The van der Waals surface area contributed by atoms with Crippen molar-refractivity contribution in [2.75, 3.05) is 19.6 Å². The summed E-state index contributed by atoms with van der Waals surface area (Å²) in [4.78, 5) is 2.65. The lowest BCUT2D eigenvalue weighted by Gasteiger charge is -2.59. The standard InChI is InChI=1S/C18H32N2/c1-2-20(11-13-3-4-13)12-17(19)18-8-14-5-15(9-18)7-16(6-14)10-18/h13-17H,2-12,19H2,1H3. The van der Waals surface area contributed by atoms with Crippen molar-refractivity contribution < 1.29 is 0 Å². The van der Waals surface area contributed by atoms with E-state index in [1.807, 2.05) is 0 Å². The Kier molecular flexibility index (Phi) is 3.38. The normalized spacial score (nSPS) is 44.2. The Balaban J connectivity index is 1.42. The molecule has 5 fully saturated rings. The van der Waals surface area contributed by atoms with E-state index in [1.165, 1.54) is 71.0 Å². The summed E-state index contributed by atoms with van der Waals surface area (Å²) in [5.74, 6) is 4.10. The number of likely N-dealkylation sites (N-methyl/N-ethyl adjacent to an activating group) is 1. The van der Waals surface area contributed by atoms with Crippen molar-refractivity contribution in [3.8, 4) is 0 Å². The maximum Gasteiger partial charge on any atom is 0.0225 e. The molecule has 5 saturated carbocycles. The number of hydrogen-bond donors (Lipinski definition) is 1. The highest BCUT2D eigenvalue weighted by atomic mass is 15.1. The minimum atomic E-state index is 0.439. The van der Waals surface area contributed by atoms with E-state index in [4.69, 9.17) is 5.73 Å². The van der Waals surface area contributed by atoms with Gasteiger partial charge >= 0.3 is 0 Å². The van der Waals surface area contributed by atoms with E-state index in [9.17, 15) is 0 Å². The zero-order valence-electron chi connectivity index (χ0n) is 13.2. The lowest BCUT2D eigenvalue weighted by atomic mass is 9.48. The van der Waals surface area contributed by atoms with Crippen LogP contribution in [0, 0.1) is 29.1 Å². The third-order valence-corrected chi connectivity index (χ3v) is 6.99. The Hall–Kier alpha value is -0.0800. The first-order chi connectivity index (χ1) is 9.67. The number of hydrogen-bond acceptors (Lipinski definition) is 2. The molecule has 114 valence electrons. The second-order valence-electron chi connectivity index (χ2n) is 8.68. The van der Waals surface area contributed by atoms with Crippen molar-refractivity contribution in [1.29, 1.82) is 0 Å². The van der Waals surface area contributed by atoms with Gasteiger partial charge in [-0.2, -0.15) is 0 Å². The molecule has 2 N–H and O–H groups in total. The van der Waals surface area contributed by atoms with Gasteiger partial charge in [-0.3, -0.25) is 0 Å². The van der Waals surface area contributed by atoms with E-state index in [0.717, 1.165) is 23.7 Å². The average Bonchev–Trinajstić information content (AvgIpc) is 3.20. The van der Waals surface area contributed by atoms with Crippen molar-refractivity contribution in [3.63, 3.8) is 0 Å². The van der Waals surface area contributed by atoms with Gasteiger partial charge < -0.3 is 10.6 Å². The topological polar surface area (TPSA) is 29.3 Å². The van der Waals surface area contributed by atoms with Gasteiger partial charge in [0.1, 0.15) is 0 Å². The Morgan fingerprint density at radius 3 is 2.05 bits per heavy atom. The molecular weight excluding hydrogens is 244 g/mol. The van der Waals surface area contributed by atoms with Crippen LogP contribution in [0.4, 0.5) is 0 Å². The second-order valence-corrected chi connectivity index (χ2v) is 8.68. The van der Waals surface area contributed by atoms with E-state index < -0.39 is 0 Å². The number of nitrogens with two attached hydrogens (primary N) is 1. The minimum Gasteiger partial charge on any atom is -0.326 e. The summed E-state index contributed by atoms with van der Waals surface area (Å²) >= 11 is 0. The Bertz CT molecular complexity index is 325. The van der Waals surface area contributed by atoms with Crippen LogP contribution in [0.2, 0.25) is 0 Å². The molecule has 0 aliphatic heterocycles. The first-order valence-electron chi connectivity index (χ1n) is 9.15. The molecule has 2 heteroatoms. The van der Waals surface area contributed by atoms with Gasteiger partial charge in [-0.1, -0.05) is 6.92 Å². The second kappa shape index (κ2) is 4.98. The highest BCUT2D eigenvalue weighted by Crippen LogP contribution is 2.61. The summed E-state index contributed by atoms with van der Waals surface area (Å²) in [5.41, 5.74) is 7.34. The Labute approximate surface area is 124 Å². The van der Waals surface area contributed by atoms with Gasteiger partial charge in [0.15, 0.2) is 0 Å². The fourth-order valence-electron chi connectivity index (χ4n) is 6.10. The highest BCUT2D eigenvalue weighted by Gasteiger charge is 2.53. The average molecular weight is 276 g/mol. The number of nitrogens with zero attached hydrogens (tertiary/aromatic N) is 1. The molecular formula is C18H32N2. The first-order valence-corrected chi connectivity index (χ1v) is 9.15. The van der Waals surface area contributed by atoms with Gasteiger partial charge in [-0.05, 0) is 87.0 Å². The summed E-state index contributed by atoms with van der Waals surface area (Å²) in [6.45, 7) is 5.99. The molecule has 1 atom stereocenters. The van der Waals surface area contributed by atoms with Crippen LogP contribution >= 0.6 is 0 Å². The minimum absolute atomic E-state index is 0.439. The summed E-state index contributed by atoms with van der Waals surface area (Å²) in [6, 6.07) is 0.439. The zero-order valence-corrected chi connectivity index (χ0v) is 13.2. The van der Waals surface area contributed by atoms with Gasteiger partial charge in [0.05, 0.1) is 0 Å². The third kappa shape index (κ3) is 2.43. The van der Waals surface area contributed by atoms with Crippen LogP contribution in [-0.4, -0.2) is 30.6 Å². The summed E-state index contributed by atoms with van der Waals surface area (Å²) in [5, 5.41) is 0. The van der Waals surface area contributed by atoms with E-state index in [-0.39, 0.29) is 0 Å². The van der Waals surface area contributed by atoms with Crippen LogP contribution in [0.15, 0.2) is 0 Å². The smallest absolute Gasteiger partial charge is 0.0225 e. The van der Waals surface area contributed by atoms with Crippen LogP contribution in [0.25, 0.3) is 0 Å². The summed E-state index contributed by atoms with van der Waals surface area (Å²) < 4.78 is 0. The van der Waals surface area contributed by atoms with Gasteiger partial charge in [-0.25, -0.2) is 0 Å². The lowest BCUT2D eigenvalue weighted by Crippen LogP contribution is -2.57. The van der Waals surface area contributed by atoms with Crippen LogP contribution in [0.1, 0.15) is 58.3 Å². The molecule has 5 rings (SSSR count). The zero-order chi connectivity index (χ0) is 13.7. The van der Waals surface area contributed by atoms with E-state index in [2.05, 4.69) is 11.8 Å². The Morgan fingerprint density at radius 2 is 1.60 bits per heavy atom. The van der Waals surface area contributed by atoms with Crippen LogP contribution in [0.5, 0.6) is 0 Å². The molecule has 5 aliphatic carbocycles.